The Morgan fingerprint density at radius 2 is 2.07 bits per heavy atom. The second-order valence-electron chi connectivity index (χ2n) is 2.73. The van der Waals surface area contributed by atoms with Gasteiger partial charge in [-0.05, 0) is 18.2 Å². The van der Waals surface area contributed by atoms with E-state index < -0.39 is 0 Å². The van der Waals surface area contributed by atoms with E-state index in [4.69, 9.17) is 0 Å². The topological polar surface area (TPSA) is 58.0 Å². The van der Waals surface area contributed by atoms with Gasteiger partial charge in [-0.25, -0.2) is 4.98 Å². The number of hydrogen-bond donors (Lipinski definition) is 2. The first-order valence-electron chi connectivity index (χ1n) is 4.17. The molecule has 0 bridgehead atoms. The van der Waals surface area contributed by atoms with Crippen LogP contribution in [0.5, 0.6) is 5.75 Å². The quantitative estimate of drug-likeness (QED) is 0.754. The van der Waals surface area contributed by atoms with Crippen molar-refractivity contribution in [1.29, 1.82) is 0 Å². The third kappa shape index (κ3) is 1.80. The smallest absolute Gasteiger partial charge is 0.157 e. The zero-order valence-electron chi connectivity index (χ0n) is 7.38. The molecular formula is C10H9N3O. The molecule has 2 N–H and O–H groups in total. The van der Waals surface area contributed by atoms with E-state index in [0.717, 1.165) is 0 Å². The first kappa shape index (κ1) is 8.50. The first-order chi connectivity index (χ1) is 6.86. The molecule has 0 saturated heterocycles. The number of anilines is 2. The highest BCUT2D eigenvalue weighted by atomic mass is 16.3. The minimum Gasteiger partial charge on any atom is -0.504 e. The Bertz CT molecular complexity index is 417. The Morgan fingerprint density at radius 1 is 1.14 bits per heavy atom. The second-order valence-corrected chi connectivity index (χ2v) is 2.73. The van der Waals surface area contributed by atoms with Crippen LogP contribution in [0.1, 0.15) is 0 Å². The average Bonchev–Trinajstić information content (AvgIpc) is 2.23. The average molecular weight is 187 g/mol. The number of rotatable bonds is 2. The highest BCUT2D eigenvalue weighted by molar-refractivity contribution is 5.62. The molecule has 0 aliphatic rings. The van der Waals surface area contributed by atoms with Crippen molar-refractivity contribution in [1.82, 2.24) is 9.97 Å². The van der Waals surface area contributed by atoms with Gasteiger partial charge < -0.3 is 10.4 Å². The molecule has 2 heterocycles. The molecule has 0 radical (unpaired) electrons. The van der Waals surface area contributed by atoms with E-state index in [2.05, 4.69) is 15.3 Å². The highest BCUT2D eigenvalue weighted by Gasteiger charge is 1.99. The summed E-state index contributed by atoms with van der Waals surface area (Å²) in [5.74, 6) is 0.798. The summed E-state index contributed by atoms with van der Waals surface area (Å²) >= 11 is 0. The summed E-state index contributed by atoms with van der Waals surface area (Å²) in [5.41, 5.74) is 0.596. The van der Waals surface area contributed by atoms with Crippen molar-refractivity contribution in [2.75, 3.05) is 5.32 Å². The molecule has 0 aliphatic heterocycles. The minimum atomic E-state index is 0.109. The van der Waals surface area contributed by atoms with Crippen molar-refractivity contribution in [3.05, 3.63) is 42.9 Å². The van der Waals surface area contributed by atoms with E-state index in [0.29, 0.717) is 11.5 Å². The van der Waals surface area contributed by atoms with Crippen molar-refractivity contribution in [3.8, 4) is 5.75 Å². The van der Waals surface area contributed by atoms with Gasteiger partial charge in [0.25, 0.3) is 0 Å². The molecule has 2 aromatic rings. The van der Waals surface area contributed by atoms with Gasteiger partial charge in [0.1, 0.15) is 5.82 Å². The van der Waals surface area contributed by atoms with E-state index >= 15 is 0 Å². The van der Waals surface area contributed by atoms with Crippen LogP contribution in [0.25, 0.3) is 0 Å². The Kier molecular flexibility index (Phi) is 2.27. The van der Waals surface area contributed by atoms with Crippen LogP contribution in [0, 0.1) is 0 Å². The predicted molar refractivity (Wildman–Crippen MR) is 53.4 cm³/mol. The van der Waals surface area contributed by atoms with Gasteiger partial charge in [0.05, 0.1) is 11.9 Å². The SMILES string of the molecule is Oc1cnccc1Nc1ccccn1. The van der Waals surface area contributed by atoms with Crippen LogP contribution in [0.4, 0.5) is 11.5 Å². The lowest BCUT2D eigenvalue weighted by Crippen LogP contribution is -1.92. The second kappa shape index (κ2) is 3.74. The third-order valence-corrected chi connectivity index (χ3v) is 1.73. The molecule has 4 heteroatoms. The first-order valence-corrected chi connectivity index (χ1v) is 4.17. The molecule has 4 nitrogen and oxygen atoms in total. The fraction of sp³-hybridized carbons (Fsp3) is 0. The van der Waals surface area contributed by atoms with Crippen LogP contribution < -0.4 is 5.32 Å². The van der Waals surface area contributed by atoms with Crippen LogP contribution in [-0.4, -0.2) is 15.1 Å². The summed E-state index contributed by atoms with van der Waals surface area (Å²) in [4.78, 5) is 7.85. The van der Waals surface area contributed by atoms with Crippen LogP contribution in [0.3, 0.4) is 0 Å². The Labute approximate surface area is 81.3 Å². The molecule has 0 unspecified atom stereocenters. The fourth-order valence-electron chi connectivity index (χ4n) is 1.07. The number of hydrogen-bond acceptors (Lipinski definition) is 4. The lowest BCUT2D eigenvalue weighted by Gasteiger charge is -2.05. The van der Waals surface area contributed by atoms with E-state index in [1.54, 1.807) is 18.5 Å². The monoisotopic (exact) mass is 187 g/mol. The largest absolute Gasteiger partial charge is 0.504 e. The van der Waals surface area contributed by atoms with Crippen LogP contribution >= 0.6 is 0 Å². The lowest BCUT2D eigenvalue weighted by atomic mass is 10.3. The van der Waals surface area contributed by atoms with Gasteiger partial charge >= 0.3 is 0 Å². The zero-order valence-corrected chi connectivity index (χ0v) is 7.38. The van der Waals surface area contributed by atoms with Crippen molar-refractivity contribution in [2.24, 2.45) is 0 Å². The molecule has 0 fully saturated rings. The van der Waals surface area contributed by atoms with E-state index in [1.165, 1.54) is 6.20 Å². The molecule has 14 heavy (non-hydrogen) atoms. The molecule has 0 atom stereocenters. The summed E-state index contributed by atoms with van der Waals surface area (Å²) in [5, 5.41) is 12.4. The highest BCUT2D eigenvalue weighted by Crippen LogP contribution is 2.23. The van der Waals surface area contributed by atoms with E-state index in [-0.39, 0.29) is 5.75 Å². The molecule has 0 saturated carbocycles. The van der Waals surface area contributed by atoms with Gasteiger partial charge in [-0.2, -0.15) is 0 Å². The lowest BCUT2D eigenvalue weighted by molar-refractivity contribution is 0.475. The molecule has 0 spiro atoms. The molecule has 0 aliphatic carbocycles. The van der Waals surface area contributed by atoms with Crippen molar-refractivity contribution >= 4 is 11.5 Å². The Morgan fingerprint density at radius 3 is 2.79 bits per heavy atom. The van der Waals surface area contributed by atoms with Gasteiger partial charge in [-0.3, -0.25) is 4.98 Å². The van der Waals surface area contributed by atoms with Gasteiger partial charge in [0.15, 0.2) is 5.75 Å². The maximum absolute atomic E-state index is 9.42. The standard InChI is InChI=1S/C10H9N3O/c14-9-7-11-6-4-8(9)13-10-3-1-2-5-12-10/h1-7,14H,(H,11,12,13). The van der Waals surface area contributed by atoms with Crippen molar-refractivity contribution in [2.45, 2.75) is 0 Å². The van der Waals surface area contributed by atoms with E-state index in [1.807, 2.05) is 18.2 Å². The fourth-order valence-corrected chi connectivity index (χ4v) is 1.07. The molecule has 0 aromatic carbocycles. The number of pyridine rings is 2. The third-order valence-electron chi connectivity index (χ3n) is 1.73. The van der Waals surface area contributed by atoms with Gasteiger partial charge in [0.2, 0.25) is 0 Å². The Hall–Kier alpha value is -2.10. The molecule has 2 rings (SSSR count). The maximum Gasteiger partial charge on any atom is 0.157 e. The number of nitrogens with zero attached hydrogens (tertiary/aromatic N) is 2. The summed E-state index contributed by atoms with van der Waals surface area (Å²) in [6.45, 7) is 0. The van der Waals surface area contributed by atoms with Crippen molar-refractivity contribution in [3.63, 3.8) is 0 Å². The summed E-state index contributed by atoms with van der Waals surface area (Å²) < 4.78 is 0. The number of aromatic nitrogens is 2. The predicted octanol–water partition coefficient (Wildman–Crippen LogP) is 1.93. The summed E-state index contributed by atoms with van der Waals surface area (Å²) in [7, 11) is 0. The number of nitrogens with one attached hydrogen (secondary N) is 1. The van der Waals surface area contributed by atoms with E-state index in [9.17, 15) is 5.11 Å². The van der Waals surface area contributed by atoms with Gasteiger partial charge in [-0.15, -0.1) is 0 Å². The molecule has 0 amide bonds. The molecule has 2 aromatic heterocycles. The van der Waals surface area contributed by atoms with Crippen molar-refractivity contribution < 1.29 is 5.11 Å². The number of aromatic hydroxyl groups is 1. The van der Waals surface area contributed by atoms with Crippen LogP contribution in [-0.2, 0) is 0 Å². The summed E-state index contributed by atoms with van der Waals surface area (Å²) in [6, 6.07) is 7.20. The summed E-state index contributed by atoms with van der Waals surface area (Å²) in [6.07, 6.45) is 4.66. The van der Waals surface area contributed by atoms with Gasteiger partial charge in [0, 0.05) is 12.4 Å². The molecule has 70 valence electrons. The molecular weight excluding hydrogens is 178 g/mol. The maximum atomic E-state index is 9.42. The van der Waals surface area contributed by atoms with Gasteiger partial charge in [-0.1, -0.05) is 6.07 Å². The minimum absolute atomic E-state index is 0.109. The Balaban J connectivity index is 2.24. The normalized spacial score (nSPS) is 9.71. The van der Waals surface area contributed by atoms with Crippen LogP contribution in [0.2, 0.25) is 0 Å². The zero-order chi connectivity index (χ0) is 9.80. The van der Waals surface area contributed by atoms with Crippen LogP contribution in [0.15, 0.2) is 42.9 Å².